The summed E-state index contributed by atoms with van der Waals surface area (Å²) in [4.78, 5) is 4.93. The second-order valence-electron chi connectivity index (χ2n) is 16.6. The van der Waals surface area contributed by atoms with Gasteiger partial charge in [0, 0.05) is 44.8 Å². The molecule has 0 fully saturated rings. The smallest absolute Gasteiger partial charge is 0.0777 e. The van der Waals surface area contributed by atoms with E-state index in [1.54, 1.807) is 0 Å². The van der Waals surface area contributed by atoms with Crippen molar-refractivity contribution >= 4 is 69.2 Å². The Hall–Kier alpha value is -7.40. The molecule has 10 aromatic rings. The quantitative estimate of drug-likeness (QED) is 0.128. The van der Waals surface area contributed by atoms with Crippen LogP contribution >= 0.6 is 0 Å². The monoisotopic (exact) mass is 801 g/mol. The van der Waals surface area contributed by atoms with Crippen LogP contribution < -0.4 is 15.0 Å². The van der Waals surface area contributed by atoms with Crippen LogP contribution in [0.15, 0.2) is 231 Å². The molecule has 0 N–H and O–H groups in total. The van der Waals surface area contributed by atoms with E-state index in [4.69, 9.17) is 0 Å². The first-order chi connectivity index (χ1) is 29.9. The number of nitrogens with zero attached hydrogens (tertiary/aromatic N) is 3. The van der Waals surface area contributed by atoms with Gasteiger partial charge in [0.2, 0.25) is 0 Å². The van der Waals surface area contributed by atoms with E-state index in [1.807, 2.05) is 0 Å². The van der Waals surface area contributed by atoms with Crippen LogP contribution in [0.4, 0.5) is 34.1 Å². The standard InChI is InChI=1S/C57H47N3Si/c1-61(2,3)50-40-55(58(45-24-10-5-11-25-45)46-26-12-6-13-27-46)57(44-23-20-30-49(39-44)60-53-33-18-16-31-51(53)52-32-17-19-34-54(52)60)56(41-50)59(47-28-14-7-15-29-47)48-37-35-43(36-38-48)42-21-8-4-9-22-42/h4-41H,1-3H3. The first-order valence-electron chi connectivity index (χ1n) is 21.1. The first kappa shape index (κ1) is 37.8. The summed E-state index contributed by atoms with van der Waals surface area (Å²) in [6.45, 7) is 7.36. The predicted molar refractivity (Wildman–Crippen MR) is 264 cm³/mol. The highest BCUT2D eigenvalue weighted by Crippen LogP contribution is 2.49. The van der Waals surface area contributed by atoms with Crippen molar-refractivity contribution in [3.63, 3.8) is 0 Å². The van der Waals surface area contributed by atoms with E-state index in [-0.39, 0.29) is 0 Å². The Balaban J connectivity index is 1.31. The lowest BCUT2D eigenvalue weighted by Crippen LogP contribution is -2.38. The molecule has 0 atom stereocenters. The molecular formula is C57H47N3Si. The topological polar surface area (TPSA) is 11.4 Å². The van der Waals surface area contributed by atoms with Gasteiger partial charge in [-0.3, -0.25) is 0 Å². The fourth-order valence-electron chi connectivity index (χ4n) is 8.71. The zero-order chi connectivity index (χ0) is 41.3. The molecule has 0 amide bonds. The van der Waals surface area contributed by atoms with Crippen molar-refractivity contribution < 1.29 is 0 Å². The van der Waals surface area contributed by atoms with Crippen LogP contribution in [0.2, 0.25) is 19.6 Å². The molecule has 0 unspecified atom stereocenters. The Bertz CT molecular complexity index is 3010. The van der Waals surface area contributed by atoms with E-state index in [0.29, 0.717) is 0 Å². The summed E-state index contributed by atoms with van der Waals surface area (Å²) in [7, 11) is -1.94. The van der Waals surface area contributed by atoms with Gasteiger partial charge >= 0.3 is 0 Å². The van der Waals surface area contributed by atoms with Gasteiger partial charge in [0.25, 0.3) is 0 Å². The number of hydrogen-bond acceptors (Lipinski definition) is 2. The number of benzene rings is 9. The average Bonchev–Trinajstić information content (AvgIpc) is 3.65. The second-order valence-corrected chi connectivity index (χ2v) is 21.7. The van der Waals surface area contributed by atoms with E-state index in [9.17, 15) is 0 Å². The minimum atomic E-state index is -1.94. The van der Waals surface area contributed by atoms with E-state index >= 15 is 0 Å². The number of aromatic nitrogens is 1. The largest absolute Gasteiger partial charge is 0.310 e. The predicted octanol–water partition coefficient (Wildman–Crippen LogP) is 15.6. The third-order valence-electron chi connectivity index (χ3n) is 11.7. The lowest BCUT2D eigenvalue weighted by molar-refractivity contribution is 1.18. The number of fused-ring (bicyclic) bond motifs is 3. The van der Waals surface area contributed by atoms with Gasteiger partial charge in [-0.2, -0.15) is 0 Å². The van der Waals surface area contributed by atoms with Crippen LogP contribution in [0.1, 0.15) is 0 Å². The summed E-state index contributed by atoms with van der Waals surface area (Å²) < 4.78 is 2.42. The average molecular weight is 802 g/mol. The maximum absolute atomic E-state index is 2.49. The molecule has 3 nitrogen and oxygen atoms in total. The summed E-state index contributed by atoms with van der Waals surface area (Å²) in [6, 6.07) is 83.9. The third kappa shape index (κ3) is 7.22. The molecule has 61 heavy (non-hydrogen) atoms. The molecule has 0 radical (unpaired) electrons. The zero-order valence-electron chi connectivity index (χ0n) is 34.8. The molecule has 0 saturated heterocycles. The summed E-state index contributed by atoms with van der Waals surface area (Å²) in [6.07, 6.45) is 0. The molecule has 9 aromatic carbocycles. The van der Waals surface area contributed by atoms with E-state index in [2.05, 4.69) is 265 Å². The molecule has 0 bridgehead atoms. The van der Waals surface area contributed by atoms with Crippen molar-refractivity contribution in [1.82, 2.24) is 4.57 Å². The van der Waals surface area contributed by atoms with Crippen molar-refractivity contribution in [2.75, 3.05) is 9.80 Å². The van der Waals surface area contributed by atoms with Gasteiger partial charge < -0.3 is 14.4 Å². The molecular weight excluding hydrogens is 755 g/mol. The van der Waals surface area contributed by atoms with E-state index < -0.39 is 8.07 Å². The Morgan fingerprint density at radius 3 is 1.21 bits per heavy atom. The highest BCUT2D eigenvalue weighted by atomic mass is 28.3. The summed E-state index contributed by atoms with van der Waals surface area (Å²) in [5.74, 6) is 0. The van der Waals surface area contributed by atoms with Gasteiger partial charge in [0.15, 0.2) is 0 Å². The molecule has 0 aliphatic carbocycles. The molecule has 0 aliphatic heterocycles. The van der Waals surface area contributed by atoms with Gasteiger partial charge in [0.05, 0.1) is 30.5 Å². The zero-order valence-corrected chi connectivity index (χ0v) is 35.8. The van der Waals surface area contributed by atoms with Gasteiger partial charge in [-0.05, 0) is 102 Å². The van der Waals surface area contributed by atoms with Crippen LogP contribution in [0.25, 0.3) is 49.7 Å². The number of rotatable bonds is 10. The van der Waals surface area contributed by atoms with Crippen LogP contribution in [0, 0.1) is 0 Å². The lowest BCUT2D eigenvalue weighted by atomic mass is 9.97. The molecule has 294 valence electrons. The Labute approximate surface area is 360 Å². The van der Waals surface area contributed by atoms with Crippen LogP contribution in [-0.2, 0) is 0 Å². The van der Waals surface area contributed by atoms with Crippen molar-refractivity contribution in [3.8, 4) is 27.9 Å². The maximum Gasteiger partial charge on any atom is 0.0777 e. The molecule has 4 heteroatoms. The first-order valence-corrected chi connectivity index (χ1v) is 24.6. The third-order valence-corrected chi connectivity index (χ3v) is 13.7. The minimum Gasteiger partial charge on any atom is -0.310 e. The van der Waals surface area contributed by atoms with Gasteiger partial charge in [-0.25, -0.2) is 0 Å². The van der Waals surface area contributed by atoms with Crippen molar-refractivity contribution in [3.05, 3.63) is 231 Å². The van der Waals surface area contributed by atoms with Gasteiger partial charge in [-0.1, -0.05) is 170 Å². The van der Waals surface area contributed by atoms with Crippen LogP contribution in [0.5, 0.6) is 0 Å². The molecule has 1 aromatic heterocycles. The lowest BCUT2D eigenvalue weighted by Gasteiger charge is -2.35. The van der Waals surface area contributed by atoms with Crippen molar-refractivity contribution in [2.45, 2.75) is 19.6 Å². The fourth-order valence-corrected chi connectivity index (χ4v) is 9.85. The Morgan fingerprint density at radius 1 is 0.344 bits per heavy atom. The Kier molecular flexibility index (Phi) is 9.92. The Morgan fingerprint density at radius 2 is 0.738 bits per heavy atom. The number of hydrogen-bond donors (Lipinski definition) is 0. The highest BCUT2D eigenvalue weighted by molar-refractivity contribution is 6.88. The van der Waals surface area contributed by atoms with Gasteiger partial charge in [0.1, 0.15) is 0 Å². The summed E-state index contributed by atoms with van der Waals surface area (Å²) in [5.41, 5.74) is 14.8. The molecule has 1 heterocycles. The fraction of sp³-hybridized carbons (Fsp3) is 0.0526. The SMILES string of the molecule is C[Si](C)(C)c1cc(N(c2ccccc2)c2ccccc2)c(-c2cccc(-n3c4ccccc4c4ccccc43)c2)c(N(c2ccccc2)c2ccc(-c3ccccc3)cc2)c1. The number of anilines is 6. The normalized spacial score (nSPS) is 11.5. The summed E-state index contributed by atoms with van der Waals surface area (Å²) in [5, 5.41) is 3.87. The second kappa shape index (κ2) is 16.0. The summed E-state index contributed by atoms with van der Waals surface area (Å²) >= 11 is 0. The van der Waals surface area contributed by atoms with E-state index in [1.165, 1.54) is 38.1 Å². The van der Waals surface area contributed by atoms with Crippen LogP contribution in [-0.4, -0.2) is 12.6 Å². The van der Waals surface area contributed by atoms with Crippen molar-refractivity contribution in [2.24, 2.45) is 0 Å². The van der Waals surface area contributed by atoms with Gasteiger partial charge in [-0.15, -0.1) is 0 Å². The highest BCUT2D eigenvalue weighted by Gasteiger charge is 2.29. The number of para-hydroxylation sites is 5. The maximum atomic E-state index is 2.49. The molecule has 0 saturated carbocycles. The molecule has 0 aliphatic rings. The van der Waals surface area contributed by atoms with E-state index in [0.717, 1.165) is 50.9 Å². The molecule has 10 rings (SSSR count). The molecule has 0 spiro atoms. The van der Waals surface area contributed by atoms with Crippen molar-refractivity contribution in [1.29, 1.82) is 0 Å². The minimum absolute atomic E-state index is 1.09. The van der Waals surface area contributed by atoms with Crippen LogP contribution in [0.3, 0.4) is 0 Å².